The van der Waals surface area contributed by atoms with Gasteiger partial charge in [-0.2, -0.15) is 0 Å². The highest BCUT2D eigenvalue weighted by atomic mass is 35.5. The Morgan fingerprint density at radius 2 is 2.00 bits per heavy atom. The molecule has 5 rings (SSSR count). The van der Waals surface area contributed by atoms with Crippen LogP contribution >= 0.6 is 11.6 Å². The Morgan fingerprint density at radius 3 is 2.66 bits per heavy atom. The minimum absolute atomic E-state index is 0.0314. The molecule has 2 N–H and O–H groups in total. The lowest BCUT2D eigenvalue weighted by molar-refractivity contribution is -0.116. The minimum atomic E-state index is -2.03. The molecule has 0 bridgehead atoms. The van der Waals surface area contributed by atoms with Crippen molar-refractivity contribution in [1.82, 2.24) is 10.2 Å². The van der Waals surface area contributed by atoms with Crippen LogP contribution in [0.5, 0.6) is 5.75 Å². The highest BCUT2D eigenvalue weighted by Crippen LogP contribution is 2.53. The zero-order valence-electron chi connectivity index (χ0n) is 25.0. The maximum atomic E-state index is 16.3. The van der Waals surface area contributed by atoms with E-state index in [-0.39, 0.29) is 47.1 Å². The summed E-state index contributed by atoms with van der Waals surface area (Å²) < 4.78 is 49.8. The van der Waals surface area contributed by atoms with Crippen molar-refractivity contribution < 1.29 is 37.7 Å². The van der Waals surface area contributed by atoms with Gasteiger partial charge in [-0.25, -0.2) is 13.6 Å². The maximum Gasteiger partial charge on any atom is 0.410 e. The number of aliphatic hydroxyl groups is 1. The van der Waals surface area contributed by atoms with Crippen LogP contribution in [0.3, 0.4) is 0 Å². The van der Waals surface area contributed by atoms with Crippen LogP contribution in [0.25, 0.3) is 5.57 Å². The smallest absolute Gasteiger partial charge is 0.410 e. The van der Waals surface area contributed by atoms with Crippen LogP contribution in [0.4, 0.5) is 13.6 Å². The summed E-state index contributed by atoms with van der Waals surface area (Å²) in [5, 5.41) is 11.3. The van der Waals surface area contributed by atoms with Gasteiger partial charge in [-0.3, -0.25) is 9.79 Å². The number of fused-ring (bicyclic) bond motifs is 1. The highest BCUT2D eigenvalue weighted by Gasteiger charge is 2.54. The molecule has 2 amide bonds. The van der Waals surface area contributed by atoms with Gasteiger partial charge >= 0.3 is 6.09 Å². The van der Waals surface area contributed by atoms with Crippen molar-refractivity contribution in [2.24, 2.45) is 4.99 Å². The standard InChI is InChI=1S/C32H36ClF2N3O6/c1-31(2,3)44-30(41)38-12-8-11-23(38)32(18-9-6-5-7-10-18)16-19-22(43-32)15-21(34)26(33)24(19)25-20(28(40)36-4)17-37-29(27(25)35)42-14-13-39/h5-7,9-10,15,17,23,27,29,39H,8,11-14,16H2,1-4H3,(H,36,40)/t23-,27?,29?,32-/m0/s1. The van der Waals surface area contributed by atoms with Crippen LogP contribution < -0.4 is 10.1 Å². The first kappa shape index (κ1) is 31.9. The summed E-state index contributed by atoms with van der Waals surface area (Å²) in [5.41, 5.74) is -1.21. The summed E-state index contributed by atoms with van der Waals surface area (Å²) in [6.45, 7) is 5.21. The first-order valence-corrected chi connectivity index (χ1v) is 14.9. The summed E-state index contributed by atoms with van der Waals surface area (Å²) in [7, 11) is 1.38. The van der Waals surface area contributed by atoms with Crippen molar-refractivity contribution >= 4 is 35.4 Å². The molecule has 1 saturated heterocycles. The number of carbonyl (C=O) groups excluding carboxylic acids is 2. The van der Waals surface area contributed by atoms with E-state index >= 15 is 8.78 Å². The van der Waals surface area contributed by atoms with E-state index < -0.39 is 47.5 Å². The number of aliphatic imine (C=N–C) groups is 1. The Bertz CT molecular complexity index is 1500. The van der Waals surface area contributed by atoms with Gasteiger partial charge in [0.15, 0.2) is 18.0 Å². The van der Waals surface area contributed by atoms with Gasteiger partial charge in [0.2, 0.25) is 0 Å². The second kappa shape index (κ2) is 12.5. The number of halogens is 3. The van der Waals surface area contributed by atoms with Crippen molar-refractivity contribution in [1.29, 1.82) is 0 Å². The number of likely N-dealkylation sites (tertiary alicyclic amines) is 1. The molecule has 12 heteroatoms. The van der Waals surface area contributed by atoms with E-state index in [0.717, 1.165) is 11.6 Å². The van der Waals surface area contributed by atoms with E-state index in [4.69, 9.17) is 25.8 Å². The molecule has 3 heterocycles. The molecule has 3 aliphatic rings. The molecule has 0 spiro atoms. The fourth-order valence-corrected chi connectivity index (χ4v) is 6.48. The minimum Gasteiger partial charge on any atom is -0.480 e. The van der Waals surface area contributed by atoms with E-state index in [1.807, 2.05) is 30.3 Å². The summed E-state index contributed by atoms with van der Waals surface area (Å²) in [6, 6.07) is 9.91. The van der Waals surface area contributed by atoms with Crippen LogP contribution in [0.2, 0.25) is 5.02 Å². The fourth-order valence-electron chi connectivity index (χ4n) is 6.21. The van der Waals surface area contributed by atoms with Crippen LogP contribution in [0, 0.1) is 5.82 Å². The quantitative estimate of drug-likeness (QED) is 0.447. The number of carbonyl (C=O) groups is 2. The van der Waals surface area contributed by atoms with Crippen molar-refractivity contribution in [3.63, 3.8) is 0 Å². The van der Waals surface area contributed by atoms with Gasteiger partial charge in [0, 0.05) is 49.0 Å². The van der Waals surface area contributed by atoms with Crippen LogP contribution in [-0.4, -0.2) is 79.1 Å². The number of hydrogen-bond acceptors (Lipinski definition) is 7. The van der Waals surface area contributed by atoms with E-state index in [0.29, 0.717) is 24.9 Å². The number of alkyl halides is 1. The molecule has 0 aliphatic carbocycles. The van der Waals surface area contributed by atoms with E-state index in [1.54, 1.807) is 25.7 Å². The third-order valence-electron chi connectivity index (χ3n) is 7.99. The summed E-state index contributed by atoms with van der Waals surface area (Å²) in [6.07, 6.45) is -1.43. The van der Waals surface area contributed by atoms with Crippen LogP contribution in [-0.2, 0) is 26.3 Å². The number of nitrogens with zero attached hydrogens (tertiary/aromatic N) is 2. The SMILES string of the molecule is CNC(=O)C1=C(c2c(Cl)c(F)cc3c2C[C@](c2ccccc2)([C@@H]2CCCN2C(=O)OC(C)(C)C)O3)C(F)C(OCCO)N=C1. The average Bonchev–Trinajstić information content (AvgIpc) is 3.63. The number of benzene rings is 2. The van der Waals surface area contributed by atoms with Crippen molar-refractivity contribution in [3.8, 4) is 5.75 Å². The molecule has 3 aliphatic heterocycles. The Labute approximate surface area is 259 Å². The summed E-state index contributed by atoms with van der Waals surface area (Å²) in [4.78, 5) is 32.1. The molecule has 2 aromatic rings. The van der Waals surface area contributed by atoms with Gasteiger partial charge < -0.3 is 29.5 Å². The first-order chi connectivity index (χ1) is 20.9. The van der Waals surface area contributed by atoms with Crippen LogP contribution in [0.1, 0.15) is 50.3 Å². The van der Waals surface area contributed by atoms with Gasteiger partial charge in [0.1, 0.15) is 17.2 Å². The molecule has 4 atom stereocenters. The monoisotopic (exact) mass is 631 g/mol. The Kier molecular flexibility index (Phi) is 9.02. The third kappa shape index (κ3) is 5.80. The molecular formula is C32H36ClF2N3O6. The first-order valence-electron chi connectivity index (χ1n) is 14.5. The highest BCUT2D eigenvalue weighted by molar-refractivity contribution is 6.33. The predicted octanol–water partition coefficient (Wildman–Crippen LogP) is 4.97. The Hall–Kier alpha value is -3.54. The Morgan fingerprint density at radius 1 is 1.27 bits per heavy atom. The summed E-state index contributed by atoms with van der Waals surface area (Å²) in [5.74, 6) is -1.40. The Balaban J connectivity index is 1.68. The van der Waals surface area contributed by atoms with E-state index in [1.165, 1.54) is 13.3 Å². The fraction of sp³-hybridized carbons (Fsp3) is 0.469. The van der Waals surface area contributed by atoms with E-state index in [9.17, 15) is 14.7 Å². The maximum absolute atomic E-state index is 16.3. The van der Waals surface area contributed by atoms with Gasteiger partial charge in [-0.1, -0.05) is 41.9 Å². The van der Waals surface area contributed by atoms with Gasteiger partial charge in [-0.05, 0) is 39.2 Å². The van der Waals surface area contributed by atoms with Gasteiger partial charge in [0.25, 0.3) is 5.91 Å². The molecule has 2 aromatic carbocycles. The lowest BCUT2D eigenvalue weighted by Gasteiger charge is -2.40. The zero-order chi connectivity index (χ0) is 31.8. The lowest BCUT2D eigenvalue weighted by Crippen LogP contribution is -2.53. The number of likely N-dealkylation sites (N-methyl/N-ethyl adjacent to an activating group) is 1. The molecule has 9 nitrogen and oxygen atoms in total. The third-order valence-corrected chi connectivity index (χ3v) is 8.36. The number of hydrogen-bond donors (Lipinski definition) is 2. The number of ether oxygens (including phenoxy) is 3. The number of rotatable bonds is 7. The lowest BCUT2D eigenvalue weighted by atomic mass is 9.79. The van der Waals surface area contributed by atoms with Gasteiger partial charge in [-0.15, -0.1) is 0 Å². The number of aliphatic hydroxyl groups excluding tert-OH is 1. The zero-order valence-corrected chi connectivity index (χ0v) is 25.8. The van der Waals surface area contributed by atoms with Crippen molar-refractivity contribution in [3.05, 3.63) is 69.5 Å². The molecule has 236 valence electrons. The van der Waals surface area contributed by atoms with Crippen molar-refractivity contribution in [2.75, 3.05) is 26.8 Å². The molecule has 0 aromatic heterocycles. The normalized spacial score (nSPS) is 24.7. The predicted molar refractivity (Wildman–Crippen MR) is 161 cm³/mol. The molecular weight excluding hydrogens is 596 g/mol. The average molecular weight is 632 g/mol. The van der Waals surface area contributed by atoms with E-state index in [2.05, 4.69) is 10.3 Å². The molecule has 44 heavy (non-hydrogen) atoms. The molecule has 2 unspecified atom stereocenters. The van der Waals surface area contributed by atoms with Crippen LogP contribution in [0.15, 0.2) is 47.0 Å². The number of amides is 2. The molecule has 0 saturated carbocycles. The second-order valence-electron chi connectivity index (χ2n) is 12.0. The largest absolute Gasteiger partial charge is 0.480 e. The molecule has 1 fully saturated rings. The van der Waals surface area contributed by atoms with Gasteiger partial charge in [0.05, 0.1) is 29.9 Å². The number of dihydropyridines is 1. The molecule has 0 radical (unpaired) electrons. The second-order valence-corrected chi connectivity index (χ2v) is 12.3. The van der Waals surface area contributed by atoms with Crippen molar-refractivity contribution in [2.45, 2.75) is 69.7 Å². The number of nitrogens with one attached hydrogen (secondary N) is 1. The topological polar surface area (TPSA) is 110 Å². The summed E-state index contributed by atoms with van der Waals surface area (Å²) >= 11 is 6.62.